The Morgan fingerprint density at radius 2 is 1.88 bits per heavy atom. The van der Waals surface area contributed by atoms with E-state index < -0.39 is 23.4 Å². The highest BCUT2D eigenvalue weighted by molar-refractivity contribution is 5.95. The van der Waals surface area contributed by atoms with Gasteiger partial charge in [-0.2, -0.15) is 0 Å². The van der Waals surface area contributed by atoms with Gasteiger partial charge in [-0.05, 0) is 58.2 Å². The van der Waals surface area contributed by atoms with Crippen molar-refractivity contribution in [2.45, 2.75) is 52.2 Å². The van der Waals surface area contributed by atoms with Crippen LogP contribution < -0.4 is 5.32 Å². The number of rotatable bonds is 2. The van der Waals surface area contributed by atoms with E-state index in [1.54, 1.807) is 27.7 Å². The van der Waals surface area contributed by atoms with E-state index in [1.807, 2.05) is 0 Å². The lowest BCUT2D eigenvalue weighted by Gasteiger charge is -2.33. The Hall–Kier alpha value is -2.31. The predicted octanol–water partition coefficient (Wildman–Crippen LogP) is 2.97. The lowest BCUT2D eigenvalue weighted by atomic mass is 10.0. The number of amides is 2. The molecule has 2 N–H and O–H groups in total. The largest absolute Gasteiger partial charge is 0.508 e. The summed E-state index contributed by atoms with van der Waals surface area (Å²) in [5.74, 6) is -1.20. The smallest absolute Gasteiger partial charge is 0.407 e. The van der Waals surface area contributed by atoms with Gasteiger partial charge < -0.3 is 20.1 Å². The third kappa shape index (κ3) is 5.08. The molecule has 6 nitrogen and oxygen atoms in total. The van der Waals surface area contributed by atoms with Crippen molar-refractivity contribution in [2.24, 2.45) is 0 Å². The molecule has 138 valence electrons. The summed E-state index contributed by atoms with van der Waals surface area (Å²) in [7, 11) is 0. The summed E-state index contributed by atoms with van der Waals surface area (Å²) >= 11 is 0. The zero-order valence-corrected chi connectivity index (χ0v) is 15.1. The Kier molecular flexibility index (Phi) is 5.55. The number of phenols is 1. The summed E-state index contributed by atoms with van der Waals surface area (Å²) in [6.45, 7) is 7.74. The van der Waals surface area contributed by atoms with Crippen molar-refractivity contribution in [2.75, 3.05) is 13.1 Å². The molecule has 0 unspecified atom stereocenters. The Morgan fingerprint density at radius 1 is 1.28 bits per heavy atom. The van der Waals surface area contributed by atoms with Crippen LogP contribution in [0.1, 0.15) is 49.5 Å². The molecule has 1 aromatic carbocycles. The fraction of sp³-hybridized carbons (Fsp3) is 0.556. The monoisotopic (exact) mass is 352 g/mol. The zero-order valence-electron chi connectivity index (χ0n) is 15.1. The molecular formula is C18H25FN2O4. The molecule has 1 aromatic rings. The molecular weight excluding hydrogens is 327 g/mol. The number of alkyl carbamates (subject to hydrolysis) is 1. The van der Waals surface area contributed by atoms with E-state index in [4.69, 9.17) is 4.74 Å². The highest BCUT2D eigenvalue weighted by Gasteiger charge is 2.27. The quantitative estimate of drug-likeness (QED) is 0.858. The first kappa shape index (κ1) is 19.0. The highest BCUT2D eigenvalue weighted by atomic mass is 19.1. The van der Waals surface area contributed by atoms with E-state index in [0.29, 0.717) is 31.5 Å². The van der Waals surface area contributed by atoms with Gasteiger partial charge in [0, 0.05) is 19.1 Å². The summed E-state index contributed by atoms with van der Waals surface area (Å²) in [5.41, 5.74) is -0.318. The number of hydrogen-bond acceptors (Lipinski definition) is 4. The van der Waals surface area contributed by atoms with Gasteiger partial charge in [-0.1, -0.05) is 0 Å². The predicted molar refractivity (Wildman–Crippen MR) is 91.1 cm³/mol. The van der Waals surface area contributed by atoms with E-state index in [1.165, 1.54) is 4.90 Å². The normalized spacial score (nSPS) is 15.8. The van der Waals surface area contributed by atoms with Crippen LogP contribution in [0.3, 0.4) is 0 Å². The first-order valence-corrected chi connectivity index (χ1v) is 8.35. The minimum Gasteiger partial charge on any atom is -0.508 e. The Bertz CT molecular complexity index is 662. The minimum atomic E-state index is -0.644. The molecule has 0 spiro atoms. The van der Waals surface area contributed by atoms with Gasteiger partial charge in [-0.15, -0.1) is 0 Å². The molecule has 2 rings (SSSR count). The van der Waals surface area contributed by atoms with Crippen molar-refractivity contribution in [1.29, 1.82) is 0 Å². The second-order valence-corrected chi connectivity index (χ2v) is 7.33. The van der Waals surface area contributed by atoms with Crippen LogP contribution in [0.5, 0.6) is 5.75 Å². The number of ether oxygens (including phenoxy) is 1. The number of nitrogens with zero attached hydrogens (tertiary/aromatic N) is 1. The maximum Gasteiger partial charge on any atom is 0.407 e. The van der Waals surface area contributed by atoms with Crippen molar-refractivity contribution in [3.63, 3.8) is 0 Å². The number of aromatic hydroxyl groups is 1. The molecule has 0 aromatic heterocycles. The fourth-order valence-electron chi connectivity index (χ4n) is 2.70. The Labute approximate surface area is 147 Å². The van der Waals surface area contributed by atoms with Gasteiger partial charge in [0.1, 0.15) is 17.2 Å². The molecule has 25 heavy (non-hydrogen) atoms. The number of phenolic OH excluding ortho intramolecular Hbond substituents is 1. The summed E-state index contributed by atoms with van der Waals surface area (Å²) in [6, 6.07) is 2.23. The average molecular weight is 352 g/mol. The van der Waals surface area contributed by atoms with Crippen LogP contribution in [-0.4, -0.2) is 46.7 Å². The van der Waals surface area contributed by atoms with E-state index in [9.17, 15) is 19.1 Å². The fourth-order valence-corrected chi connectivity index (χ4v) is 2.70. The lowest BCUT2D eigenvalue weighted by Crippen LogP contribution is -2.47. The van der Waals surface area contributed by atoms with Crippen LogP contribution >= 0.6 is 0 Å². The summed E-state index contributed by atoms with van der Waals surface area (Å²) < 4.78 is 19.2. The number of halogens is 1. The highest BCUT2D eigenvalue weighted by Crippen LogP contribution is 2.23. The van der Waals surface area contributed by atoms with Crippen LogP contribution in [0.2, 0.25) is 0 Å². The summed E-state index contributed by atoms with van der Waals surface area (Å²) in [5, 5.41) is 12.5. The number of aryl methyl sites for hydroxylation is 1. The minimum absolute atomic E-state index is 0.0878. The summed E-state index contributed by atoms with van der Waals surface area (Å²) in [6.07, 6.45) is 0.640. The van der Waals surface area contributed by atoms with Gasteiger partial charge in [0.25, 0.3) is 5.91 Å². The molecule has 0 bridgehead atoms. The van der Waals surface area contributed by atoms with Gasteiger partial charge in [0.15, 0.2) is 0 Å². The van der Waals surface area contributed by atoms with Crippen LogP contribution in [0.25, 0.3) is 0 Å². The van der Waals surface area contributed by atoms with Gasteiger partial charge in [-0.25, -0.2) is 9.18 Å². The van der Waals surface area contributed by atoms with Crippen LogP contribution in [0.4, 0.5) is 9.18 Å². The Balaban J connectivity index is 1.93. The number of carbonyl (C=O) groups excluding carboxylic acids is 2. The van der Waals surface area contributed by atoms with Crippen molar-refractivity contribution >= 4 is 12.0 Å². The molecule has 0 atom stereocenters. The molecule has 0 radical (unpaired) electrons. The van der Waals surface area contributed by atoms with Crippen molar-refractivity contribution in [3.05, 3.63) is 29.1 Å². The number of nitrogens with one attached hydrogen (secondary N) is 1. The van der Waals surface area contributed by atoms with Crippen LogP contribution in [0, 0.1) is 12.7 Å². The van der Waals surface area contributed by atoms with E-state index in [2.05, 4.69) is 5.32 Å². The molecule has 7 heteroatoms. The number of likely N-dealkylation sites (tertiary alicyclic amines) is 1. The topological polar surface area (TPSA) is 78.9 Å². The molecule has 2 amide bonds. The molecule has 1 heterocycles. The average Bonchev–Trinajstić information content (AvgIpc) is 2.49. The van der Waals surface area contributed by atoms with Gasteiger partial charge in [-0.3, -0.25) is 4.79 Å². The molecule has 0 saturated carbocycles. The number of carbonyl (C=O) groups is 2. The SMILES string of the molecule is Cc1cc(F)c(C(=O)N2CCC(NC(=O)OC(C)(C)C)CC2)cc1O. The second kappa shape index (κ2) is 7.29. The van der Waals surface area contributed by atoms with Gasteiger partial charge >= 0.3 is 6.09 Å². The second-order valence-electron chi connectivity index (χ2n) is 7.33. The maximum atomic E-state index is 14.0. The zero-order chi connectivity index (χ0) is 18.8. The van der Waals surface area contributed by atoms with Crippen LogP contribution in [-0.2, 0) is 4.74 Å². The number of benzene rings is 1. The Morgan fingerprint density at radius 3 is 2.44 bits per heavy atom. The van der Waals surface area contributed by atoms with Crippen LogP contribution in [0.15, 0.2) is 12.1 Å². The van der Waals surface area contributed by atoms with Gasteiger partial charge in [0.2, 0.25) is 0 Å². The van der Waals surface area contributed by atoms with Crippen molar-refractivity contribution < 1.29 is 23.8 Å². The number of piperidine rings is 1. The van der Waals surface area contributed by atoms with Gasteiger partial charge in [0.05, 0.1) is 5.56 Å². The molecule has 0 aliphatic carbocycles. The van der Waals surface area contributed by atoms with E-state index in [0.717, 1.165) is 12.1 Å². The third-order valence-electron chi connectivity index (χ3n) is 4.02. The standard InChI is InChI=1S/C18H25FN2O4/c1-11-9-14(19)13(10-15(11)22)16(23)21-7-5-12(6-8-21)20-17(24)25-18(2,3)4/h9-10,12,22H,5-8H2,1-4H3,(H,20,24). The molecule has 1 fully saturated rings. The van der Waals surface area contributed by atoms with E-state index in [-0.39, 0.29) is 17.4 Å². The molecule has 1 aliphatic heterocycles. The van der Waals surface area contributed by atoms with Crippen molar-refractivity contribution in [3.8, 4) is 5.75 Å². The van der Waals surface area contributed by atoms with Crippen molar-refractivity contribution in [1.82, 2.24) is 10.2 Å². The molecule has 1 saturated heterocycles. The van der Waals surface area contributed by atoms with E-state index >= 15 is 0 Å². The third-order valence-corrected chi connectivity index (χ3v) is 4.02. The first-order valence-electron chi connectivity index (χ1n) is 8.35. The molecule has 1 aliphatic rings. The maximum absolute atomic E-state index is 14.0. The summed E-state index contributed by atoms with van der Waals surface area (Å²) in [4.78, 5) is 25.8. The first-order chi connectivity index (χ1) is 11.6. The lowest BCUT2D eigenvalue weighted by molar-refractivity contribution is 0.0473. The number of hydrogen-bond donors (Lipinski definition) is 2.